The number of amides is 2. The Hall–Kier alpha value is -0.770. The second-order valence-electron chi connectivity index (χ2n) is 4.48. The van der Waals surface area contributed by atoms with Gasteiger partial charge < -0.3 is 15.1 Å². The third kappa shape index (κ3) is 1.59. The van der Waals surface area contributed by atoms with E-state index in [2.05, 4.69) is 5.32 Å². The van der Waals surface area contributed by atoms with Gasteiger partial charge in [-0.1, -0.05) is 0 Å². The van der Waals surface area contributed by atoms with E-state index in [1.165, 1.54) is 12.8 Å². The molecule has 2 saturated heterocycles. The van der Waals surface area contributed by atoms with E-state index in [9.17, 15) is 4.79 Å². The lowest BCUT2D eigenvalue weighted by molar-refractivity contribution is 0.152. The van der Waals surface area contributed by atoms with Crippen molar-refractivity contribution in [3.8, 4) is 0 Å². The molecule has 0 spiro atoms. The molecule has 2 rings (SSSR count). The van der Waals surface area contributed by atoms with Crippen molar-refractivity contribution >= 4 is 6.03 Å². The molecule has 2 atom stereocenters. The molecule has 80 valence electrons. The standard InChI is InChI=1S/C10H19N3O/c1-12(2)10(14)13-6-4-8-3-5-11-7-9(8)13/h8-9,11H,3-7H2,1-2H3. The molecule has 0 aromatic carbocycles. The van der Waals surface area contributed by atoms with Crippen LogP contribution < -0.4 is 5.32 Å². The van der Waals surface area contributed by atoms with Crippen LogP contribution in [-0.4, -0.2) is 55.6 Å². The van der Waals surface area contributed by atoms with Gasteiger partial charge in [-0.2, -0.15) is 0 Å². The van der Waals surface area contributed by atoms with Gasteiger partial charge in [0.25, 0.3) is 0 Å². The van der Waals surface area contributed by atoms with Crippen molar-refractivity contribution in [2.24, 2.45) is 5.92 Å². The predicted molar refractivity (Wildman–Crippen MR) is 55.2 cm³/mol. The van der Waals surface area contributed by atoms with Crippen molar-refractivity contribution in [3.05, 3.63) is 0 Å². The molecule has 4 nitrogen and oxygen atoms in total. The van der Waals surface area contributed by atoms with Crippen LogP contribution in [0.5, 0.6) is 0 Å². The number of piperidine rings is 1. The first kappa shape index (κ1) is 9.77. The zero-order valence-electron chi connectivity index (χ0n) is 8.99. The van der Waals surface area contributed by atoms with E-state index in [1.807, 2.05) is 19.0 Å². The summed E-state index contributed by atoms with van der Waals surface area (Å²) in [7, 11) is 3.65. The summed E-state index contributed by atoms with van der Waals surface area (Å²) >= 11 is 0. The van der Waals surface area contributed by atoms with Gasteiger partial charge in [0.2, 0.25) is 0 Å². The fourth-order valence-corrected chi connectivity index (χ4v) is 2.56. The second kappa shape index (κ2) is 3.77. The van der Waals surface area contributed by atoms with Crippen LogP contribution in [0.2, 0.25) is 0 Å². The van der Waals surface area contributed by atoms with Crippen molar-refractivity contribution in [1.29, 1.82) is 0 Å². The molecule has 2 aliphatic heterocycles. The second-order valence-corrected chi connectivity index (χ2v) is 4.48. The van der Waals surface area contributed by atoms with Gasteiger partial charge in [-0.3, -0.25) is 0 Å². The number of rotatable bonds is 0. The van der Waals surface area contributed by atoms with E-state index in [4.69, 9.17) is 0 Å². The molecule has 0 bridgehead atoms. The molecule has 0 aromatic rings. The minimum atomic E-state index is 0.168. The average Bonchev–Trinajstić information content (AvgIpc) is 2.60. The highest BCUT2D eigenvalue weighted by molar-refractivity contribution is 5.74. The molecular formula is C10H19N3O. The third-order valence-corrected chi connectivity index (χ3v) is 3.36. The highest BCUT2D eigenvalue weighted by Gasteiger charge is 2.38. The molecule has 2 amide bonds. The Balaban J connectivity index is 2.03. The molecule has 0 radical (unpaired) electrons. The number of nitrogens with one attached hydrogen (secondary N) is 1. The van der Waals surface area contributed by atoms with E-state index in [0.29, 0.717) is 6.04 Å². The topological polar surface area (TPSA) is 35.6 Å². The molecular weight excluding hydrogens is 178 g/mol. The normalized spacial score (nSPS) is 31.4. The number of hydrogen-bond acceptors (Lipinski definition) is 2. The lowest BCUT2D eigenvalue weighted by Gasteiger charge is -2.33. The molecule has 1 N–H and O–H groups in total. The SMILES string of the molecule is CN(C)C(=O)N1CCC2CCNCC21. The molecule has 14 heavy (non-hydrogen) atoms. The van der Waals surface area contributed by atoms with E-state index in [0.717, 1.165) is 25.6 Å². The van der Waals surface area contributed by atoms with Gasteiger partial charge in [-0.15, -0.1) is 0 Å². The molecule has 2 unspecified atom stereocenters. The summed E-state index contributed by atoms with van der Waals surface area (Å²) in [5.41, 5.74) is 0. The number of carbonyl (C=O) groups is 1. The first-order valence-corrected chi connectivity index (χ1v) is 5.39. The summed E-state index contributed by atoms with van der Waals surface area (Å²) in [5.74, 6) is 0.736. The van der Waals surface area contributed by atoms with Gasteiger partial charge in [0, 0.05) is 33.2 Å². The molecule has 2 aliphatic rings. The van der Waals surface area contributed by atoms with Gasteiger partial charge >= 0.3 is 6.03 Å². The van der Waals surface area contributed by atoms with Crippen LogP contribution in [0.3, 0.4) is 0 Å². The number of fused-ring (bicyclic) bond motifs is 1. The number of likely N-dealkylation sites (tertiary alicyclic amines) is 1. The summed E-state index contributed by atoms with van der Waals surface area (Å²) in [4.78, 5) is 15.5. The minimum Gasteiger partial charge on any atom is -0.331 e. The van der Waals surface area contributed by atoms with Gasteiger partial charge in [0.1, 0.15) is 0 Å². The number of carbonyl (C=O) groups excluding carboxylic acids is 1. The Labute approximate surface area is 85.2 Å². The maximum atomic E-state index is 11.8. The van der Waals surface area contributed by atoms with Crippen LogP contribution in [0, 0.1) is 5.92 Å². The molecule has 0 aliphatic carbocycles. The molecule has 2 heterocycles. The van der Waals surface area contributed by atoms with Crippen molar-refractivity contribution in [2.75, 3.05) is 33.7 Å². The lowest BCUT2D eigenvalue weighted by Crippen LogP contribution is -2.50. The van der Waals surface area contributed by atoms with E-state index < -0.39 is 0 Å². The van der Waals surface area contributed by atoms with Crippen LogP contribution in [0.1, 0.15) is 12.8 Å². The Morgan fingerprint density at radius 2 is 2.21 bits per heavy atom. The fourth-order valence-electron chi connectivity index (χ4n) is 2.56. The van der Waals surface area contributed by atoms with Crippen molar-refractivity contribution < 1.29 is 4.79 Å². The Morgan fingerprint density at radius 3 is 2.93 bits per heavy atom. The average molecular weight is 197 g/mol. The number of urea groups is 1. The van der Waals surface area contributed by atoms with E-state index >= 15 is 0 Å². The zero-order chi connectivity index (χ0) is 10.1. The summed E-state index contributed by atoms with van der Waals surface area (Å²) in [6.45, 7) is 3.03. The molecule has 4 heteroatoms. The Bertz CT molecular complexity index is 229. The monoisotopic (exact) mass is 197 g/mol. The summed E-state index contributed by atoms with van der Waals surface area (Å²) in [5, 5.41) is 3.37. The van der Waals surface area contributed by atoms with Crippen LogP contribution in [0.15, 0.2) is 0 Å². The Kier molecular flexibility index (Phi) is 2.63. The van der Waals surface area contributed by atoms with Crippen LogP contribution in [-0.2, 0) is 0 Å². The van der Waals surface area contributed by atoms with Gasteiger partial charge in [0.05, 0.1) is 0 Å². The minimum absolute atomic E-state index is 0.168. The number of nitrogens with zero attached hydrogens (tertiary/aromatic N) is 2. The summed E-state index contributed by atoms with van der Waals surface area (Å²) in [6, 6.07) is 0.611. The summed E-state index contributed by atoms with van der Waals surface area (Å²) in [6.07, 6.45) is 2.41. The fraction of sp³-hybridized carbons (Fsp3) is 0.900. The first-order valence-electron chi connectivity index (χ1n) is 5.39. The Morgan fingerprint density at radius 1 is 1.43 bits per heavy atom. The van der Waals surface area contributed by atoms with Gasteiger partial charge in [0.15, 0.2) is 0 Å². The van der Waals surface area contributed by atoms with Crippen LogP contribution in [0.4, 0.5) is 4.79 Å². The maximum Gasteiger partial charge on any atom is 0.319 e. The van der Waals surface area contributed by atoms with Crippen molar-refractivity contribution in [2.45, 2.75) is 18.9 Å². The largest absolute Gasteiger partial charge is 0.331 e. The van der Waals surface area contributed by atoms with Crippen LogP contribution >= 0.6 is 0 Å². The lowest BCUT2D eigenvalue weighted by atomic mass is 9.93. The first-order chi connectivity index (χ1) is 6.70. The molecule has 2 fully saturated rings. The quantitative estimate of drug-likeness (QED) is 0.608. The highest BCUT2D eigenvalue weighted by Crippen LogP contribution is 2.29. The molecule has 0 aromatic heterocycles. The zero-order valence-corrected chi connectivity index (χ0v) is 8.99. The van der Waals surface area contributed by atoms with Gasteiger partial charge in [-0.25, -0.2) is 4.79 Å². The van der Waals surface area contributed by atoms with Crippen LogP contribution in [0.25, 0.3) is 0 Å². The van der Waals surface area contributed by atoms with E-state index in [-0.39, 0.29) is 6.03 Å². The van der Waals surface area contributed by atoms with Crippen molar-refractivity contribution in [3.63, 3.8) is 0 Å². The summed E-state index contributed by atoms with van der Waals surface area (Å²) < 4.78 is 0. The van der Waals surface area contributed by atoms with Gasteiger partial charge in [-0.05, 0) is 25.3 Å². The van der Waals surface area contributed by atoms with Crippen molar-refractivity contribution in [1.82, 2.24) is 15.1 Å². The maximum absolute atomic E-state index is 11.8. The highest BCUT2D eigenvalue weighted by atomic mass is 16.2. The smallest absolute Gasteiger partial charge is 0.319 e. The molecule has 0 saturated carbocycles. The number of hydrogen-bond donors (Lipinski definition) is 1. The van der Waals surface area contributed by atoms with E-state index in [1.54, 1.807) is 4.90 Å². The third-order valence-electron chi connectivity index (χ3n) is 3.36. The predicted octanol–water partition coefficient (Wildman–Crippen LogP) is 0.352.